The van der Waals surface area contributed by atoms with E-state index in [-0.39, 0.29) is 0 Å². The number of aromatic nitrogens is 2. The van der Waals surface area contributed by atoms with Crippen molar-refractivity contribution in [3.05, 3.63) is 17.8 Å². The fourth-order valence-electron chi connectivity index (χ4n) is 2.09. The van der Waals surface area contributed by atoms with Crippen molar-refractivity contribution < 1.29 is 0 Å². The van der Waals surface area contributed by atoms with Gasteiger partial charge in [0.1, 0.15) is 0 Å². The molecule has 1 saturated carbocycles. The zero-order valence-corrected chi connectivity index (χ0v) is 11.7. The molecule has 1 fully saturated rings. The molecule has 1 aliphatic rings. The fraction of sp³-hybridized carbons (Fsp3) is 0.714. The predicted molar refractivity (Wildman–Crippen MR) is 74.6 cm³/mol. The molecule has 1 aliphatic carbocycles. The first-order valence-corrected chi connectivity index (χ1v) is 6.93. The van der Waals surface area contributed by atoms with Crippen LogP contribution in [0.25, 0.3) is 0 Å². The molecule has 0 radical (unpaired) electrons. The summed E-state index contributed by atoms with van der Waals surface area (Å²) in [5, 5.41) is 12.0. The molecule has 18 heavy (non-hydrogen) atoms. The summed E-state index contributed by atoms with van der Waals surface area (Å²) in [4.78, 5) is 2.25. The highest BCUT2D eigenvalue weighted by atomic mass is 15.3. The van der Waals surface area contributed by atoms with Crippen LogP contribution in [0.5, 0.6) is 0 Å². The second kappa shape index (κ2) is 6.14. The van der Waals surface area contributed by atoms with Crippen LogP contribution in [0.3, 0.4) is 0 Å². The predicted octanol–water partition coefficient (Wildman–Crippen LogP) is 2.21. The summed E-state index contributed by atoms with van der Waals surface area (Å²) < 4.78 is 0. The Morgan fingerprint density at radius 2 is 2.11 bits per heavy atom. The summed E-state index contributed by atoms with van der Waals surface area (Å²) in [6.45, 7) is 6.23. The normalized spacial score (nSPS) is 15.8. The lowest BCUT2D eigenvalue weighted by Crippen LogP contribution is -2.37. The lowest BCUT2D eigenvalue weighted by Gasteiger charge is -2.35. The van der Waals surface area contributed by atoms with E-state index < -0.39 is 0 Å². The summed E-state index contributed by atoms with van der Waals surface area (Å²) in [6, 6.07) is 4.83. The van der Waals surface area contributed by atoms with E-state index in [1.807, 2.05) is 0 Å². The van der Waals surface area contributed by atoms with Gasteiger partial charge in [0.25, 0.3) is 0 Å². The second-order valence-corrected chi connectivity index (χ2v) is 5.60. The van der Waals surface area contributed by atoms with Gasteiger partial charge in [-0.25, -0.2) is 0 Å². The van der Waals surface area contributed by atoms with Crippen molar-refractivity contribution in [3.8, 4) is 0 Å². The molecule has 0 spiro atoms. The van der Waals surface area contributed by atoms with Crippen molar-refractivity contribution in [3.63, 3.8) is 0 Å². The lowest BCUT2D eigenvalue weighted by molar-refractivity contribution is 0.398. The van der Waals surface area contributed by atoms with E-state index in [4.69, 9.17) is 0 Å². The fourth-order valence-corrected chi connectivity index (χ4v) is 2.09. The largest absolute Gasteiger partial charge is 0.355 e. The maximum atomic E-state index is 4.32. The molecule has 0 aromatic carbocycles. The van der Waals surface area contributed by atoms with Crippen molar-refractivity contribution in [1.29, 1.82) is 0 Å². The summed E-state index contributed by atoms with van der Waals surface area (Å²) >= 11 is 0. The van der Waals surface area contributed by atoms with Gasteiger partial charge in [-0.15, -0.1) is 5.10 Å². The van der Waals surface area contributed by atoms with Crippen LogP contribution in [-0.2, 0) is 6.54 Å². The summed E-state index contributed by atoms with van der Waals surface area (Å²) in [5.74, 6) is 1.66. The van der Waals surface area contributed by atoms with Crippen LogP contribution in [0.4, 0.5) is 5.82 Å². The molecule has 4 heteroatoms. The Morgan fingerprint density at radius 1 is 1.33 bits per heavy atom. The highest BCUT2D eigenvalue weighted by Crippen LogP contribution is 2.26. The number of hydrogen-bond acceptors (Lipinski definition) is 4. The van der Waals surface area contributed by atoms with E-state index >= 15 is 0 Å². The Labute approximate surface area is 110 Å². The highest BCUT2D eigenvalue weighted by molar-refractivity contribution is 5.38. The SMILES string of the molecule is CC(C)CNCc1ccc(N(C)C2CCC2)nn1. The van der Waals surface area contributed by atoms with Crippen molar-refractivity contribution in [2.75, 3.05) is 18.5 Å². The van der Waals surface area contributed by atoms with E-state index in [9.17, 15) is 0 Å². The Kier molecular flexibility index (Phi) is 4.53. The monoisotopic (exact) mass is 248 g/mol. The number of nitrogens with zero attached hydrogens (tertiary/aromatic N) is 3. The molecule has 0 bridgehead atoms. The van der Waals surface area contributed by atoms with E-state index in [0.717, 1.165) is 24.6 Å². The Hall–Kier alpha value is -1.16. The summed E-state index contributed by atoms with van der Waals surface area (Å²) in [6.07, 6.45) is 3.92. The second-order valence-electron chi connectivity index (χ2n) is 5.60. The van der Waals surface area contributed by atoms with Gasteiger partial charge in [0.05, 0.1) is 5.69 Å². The molecule has 0 amide bonds. The van der Waals surface area contributed by atoms with Gasteiger partial charge in [-0.1, -0.05) is 13.8 Å². The van der Waals surface area contributed by atoms with Gasteiger partial charge in [-0.3, -0.25) is 0 Å². The number of nitrogens with one attached hydrogen (secondary N) is 1. The highest BCUT2D eigenvalue weighted by Gasteiger charge is 2.22. The first kappa shape index (κ1) is 13.3. The van der Waals surface area contributed by atoms with Crippen LogP contribution in [0.15, 0.2) is 12.1 Å². The van der Waals surface area contributed by atoms with Crippen LogP contribution in [0, 0.1) is 5.92 Å². The molecule has 4 nitrogen and oxygen atoms in total. The summed E-state index contributed by atoms with van der Waals surface area (Å²) in [7, 11) is 2.12. The van der Waals surface area contributed by atoms with E-state index in [1.54, 1.807) is 0 Å². The minimum Gasteiger partial charge on any atom is -0.355 e. The van der Waals surface area contributed by atoms with Gasteiger partial charge in [0.2, 0.25) is 0 Å². The smallest absolute Gasteiger partial charge is 0.151 e. The van der Waals surface area contributed by atoms with Gasteiger partial charge in [0, 0.05) is 19.6 Å². The average Bonchev–Trinajstić information content (AvgIpc) is 2.27. The van der Waals surface area contributed by atoms with Crippen molar-refractivity contribution in [2.24, 2.45) is 5.92 Å². The molecule has 1 heterocycles. The Bertz CT molecular complexity index is 357. The third-order valence-electron chi connectivity index (χ3n) is 3.55. The van der Waals surface area contributed by atoms with Gasteiger partial charge >= 0.3 is 0 Å². The molecule has 2 rings (SSSR count). The van der Waals surface area contributed by atoms with Gasteiger partial charge in [-0.2, -0.15) is 5.10 Å². The standard InChI is InChI=1S/C14H24N4/c1-11(2)9-15-10-12-7-8-14(17-16-12)18(3)13-5-4-6-13/h7-8,11,13,15H,4-6,9-10H2,1-3H3. The van der Waals surface area contributed by atoms with Crippen molar-refractivity contribution >= 4 is 5.82 Å². The molecular formula is C14H24N4. The Balaban J connectivity index is 1.84. The lowest BCUT2D eigenvalue weighted by atomic mass is 9.92. The molecule has 0 aliphatic heterocycles. The first-order chi connectivity index (χ1) is 8.66. The molecule has 1 aromatic heterocycles. The van der Waals surface area contributed by atoms with Gasteiger partial charge in [-0.05, 0) is 43.9 Å². The molecule has 1 aromatic rings. The van der Waals surface area contributed by atoms with Crippen molar-refractivity contribution in [2.45, 2.75) is 45.7 Å². The van der Waals surface area contributed by atoms with Crippen LogP contribution < -0.4 is 10.2 Å². The average molecular weight is 248 g/mol. The molecular weight excluding hydrogens is 224 g/mol. The molecule has 0 atom stereocenters. The van der Waals surface area contributed by atoms with Gasteiger partial charge in [0.15, 0.2) is 5.82 Å². The Morgan fingerprint density at radius 3 is 2.61 bits per heavy atom. The zero-order valence-electron chi connectivity index (χ0n) is 11.7. The quantitative estimate of drug-likeness (QED) is 0.838. The minimum absolute atomic E-state index is 0.669. The van der Waals surface area contributed by atoms with Crippen molar-refractivity contribution in [1.82, 2.24) is 15.5 Å². The molecule has 0 saturated heterocycles. The minimum atomic E-state index is 0.669. The molecule has 100 valence electrons. The number of hydrogen-bond donors (Lipinski definition) is 1. The van der Waals surface area contributed by atoms with Crippen LogP contribution in [-0.4, -0.2) is 29.8 Å². The third kappa shape index (κ3) is 3.42. The van der Waals surface area contributed by atoms with Gasteiger partial charge < -0.3 is 10.2 Å². The topological polar surface area (TPSA) is 41.0 Å². The first-order valence-electron chi connectivity index (χ1n) is 6.93. The molecule has 1 N–H and O–H groups in total. The number of anilines is 1. The van der Waals surface area contributed by atoms with Crippen LogP contribution >= 0.6 is 0 Å². The maximum absolute atomic E-state index is 4.32. The zero-order chi connectivity index (χ0) is 13.0. The van der Waals surface area contributed by atoms with E-state index in [0.29, 0.717) is 12.0 Å². The van der Waals surface area contributed by atoms with Crippen LogP contribution in [0.1, 0.15) is 38.8 Å². The summed E-state index contributed by atoms with van der Waals surface area (Å²) in [5.41, 5.74) is 1.02. The third-order valence-corrected chi connectivity index (χ3v) is 3.55. The van der Waals surface area contributed by atoms with E-state index in [1.165, 1.54) is 19.3 Å². The van der Waals surface area contributed by atoms with E-state index in [2.05, 4.69) is 53.4 Å². The van der Waals surface area contributed by atoms with Crippen LogP contribution in [0.2, 0.25) is 0 Å². The maximum Gasteiger partial charge on any atom is 0.151 e. The number of rotatable bonds is 6. The molecule has 0 unspecified atom stereocenters.